The van der Waals surface area contributed by atoms with Crippen molar-refractivity contribution in [2.75, 3.05) is 33.4 Å². The molecule has 7 heterocycles. The highest BCUT2D eigenvalue weighted by Gasteiger charge is 2.62. The lowest BCUT2D eigenvalue weighted by molar-refractivity contribution is -0.967. The number of nitrogens with zero attached hydrogens (tertiary/aromatic N) is 5. The number of rotatable bonds is 7. The molecule has 5 aliphatic rings. The Morgan fingerprint density at radius 1 is 1.13 bits per heavy atom. The van der Waals surface area contributed by atoms with Gasteiger partial charge in [0.2, 0.25) is 0 Å². The lowest BCUT2D eigenvalue weighted by Crippen LogP contribution is -2.55. The Bertz CT molecular complexity index is 1860. The third-order valence-electron chi connectivity index (χ3n) is 12.2. The molecule has 10 heteroatoms. The number of fused-ring (bicyclic) bond motifs is 4. The van der Waals surface area contributed by atoms with Crippen molar-refractivity contribution in [2.45, 2.75) is 81.4 Å². The number of aromatic nitrogens is 3. The van der Waals surface area contributed by atoms with Gasteiger partial charge in [0, 0.05) is 72.8 Å². The first-order valence-electron chi connectivity index (χ1n) is 16.8. The number of ether oxygens (including phenoxy) is 2. The summed E-state index contributed by atoms with van der Waals surface area (Å²) in [5, 5.41) is 2.81. The summed E-state index contributed by atoms with van der Waals surface area (Å²) >= 11 is 6.65. The van der Waals surface area contributed by atoms with Crippen LogP contribution in [0.5, 0.6) is 6.01 Å². The molecule has 2 bridgehead atoms. The zero-order valence-corrected chi connectivity index (χ0v) is 26.9. The van der Waals surface area contributed by atoms with E-state index in [9.17, 15) is 4.39 Å². The van der Waals surface area contributed by atoms with E-state index in [1.807, 2.05) is 43.5 Å². The van der Waals surface area contributed by atoms with Crippen LogP contribution in [-0.2, 0) is 11.3 Å². The molecular formula is C36H39ClF2N5O2+. The van der Waals surface area contributed by atoms with Gasteiger partial charge in [0.1, 0.15) is 48.4 Å². The summed E-state index contributed by atoms with van der Waals surface area (Å²) in [6.07, 6.45) is 8.06. The van der Waals surface area contributed by atoms with Crippen LogP contribution in [0.3, 0.4) is 0 Å². The Balaban J connectivity index is 1.17. The maximum absolute atomic E-state index is 16.9. The second-order valence-electron chi connectivity index (χ2n) is 14.5. The average molecular weight is 647 g/mol. The van der Waals surface area contributed by atoms with Crippen molar-refractivity contribution in [3.8, 4) is 17.3 Å². The number of quaternary nitrogens is 1. The quantitative estimate of drug-likeness (QED) is 0.204. The van der Waals surface area contributed by atoms with Crippen LogP contribution in [-0.4, -0.2) is 87.6 Å². The van der Waals surface area contributed by atoms with Crippen molar-refractivity contribution in [1.82, 2.24) is 19.9 Å². The predicted molar refractivity (Wildman–Crippen MR) is 173 cm³/mol. The molecule has 0 amide bonds. The molecular weight excluding hydrogens is 608 g/mol. The van der Waals surface area contributed by atoms with E-state index in [1.54, 1.807) is 6.20 Å². The molecule has 0 N–H and O–H groups in total. The minimum Gasteiger partial charge on any atom is -0.461 e. The van der Waals surface area contributed by atoms with E-state index in [-0.39, 0.29) is 35.5 Å². The Kier molecular flexibility index (Phi) is 6.83. The minimum absolute atomic E-state index is 0.152. The first-order valence-corrected chi connectivity index (χ1v) is 17.2. The van der Waals surface area contributed by atoms with Gasteiger partial charge in [0.05, 0.1) is 18.1 Å². The number of halogens is 3. The fraction of sp³-hybridized carbons (Fsp3) is 0.528. The molecule has 5 fully saturated rings. The Labute approximate surface area is 272 Å². The van der Waals surface area contributed by atoms with Crippen molar-refractivity contribution >= 4 is 33.3 Å². The van der Waals surface area contributed by atoms with E-state index < -0.39 is 12.0 Å². The number of piperidine rings is 1. The van der Waals surface area contributed by atoms with E-state index in [1.165, 1.54) is 12.8 Å². The van der Waals surface area contributed by atoms with Gasteiger partial charge in [-0.2, -0.15) is 9.97 Å². The molecule has 7 atom stereocenters. The van der Waals surface area contributed by atoms with Gasteiger partial charge in [-0.1, -0.05) is 41.9 Å². The number of hydrogen-bond acceptors (Lipinski definition) is 6. The van der Waals surface area contributed by atoms with Gasteiger partial charge in [-0.25, -0.2) is 8.78 Å². The summed E-state index contributed by atoms with van der Waals surface area (Å²) in [7, 11) is 1.83. The van der Waals surface area contributed by atoms with Crippen LogP contribution < -0.4 is 4.74 Å². The van der Waals surface area contributed by atoms with E-state index in [0.717, 1.165) is 59.7 Å². The van der Waals surface area contributed by atoms with Crippen LogP contribution in [0.15, 0.2) is 42.6 Å². The summed E-state index contributed by atoms with van der Waals surface area (Å²) in [4.78, 5) is 16.7. The highest BCUT2D eigenvalue weighted by molar-refractivity contribution is 6.36. The molecule has 2 aromatic heterocycles. The van der Waals surface area contributed by atoms with Crippen LogP contribution in [0, 0.1) is 11.7 Å². The summed E-state index contributed by atoms with van der Waals surface area (Å²) in [6, 6.07) is 12.4. The Hall–Kier alpha value is -2.98. The molecule has 7 nitrogen and oxygen atoms in total. The highest BCUT2D eigenvalue weighted by atomic mass is 35.5. The lowest BCUT2D eigenvalue weighted by Gasteiger charge is -2.43. The van der Waals surface area contributed by atoms with Crippen molar-refractivity contribution in [3.05, 3.63) is 59.1 Å². The molecule has 4 aromatic rings. The SMILES string of the molecule is CO[C@@H]1C[C@@H]2CCC3C[C@H]1[N+]2(Cc1nc(OC[C@@]24CCCN2C[C@H](F)C4)nc2c(F)c(-c4cccc5cccc(Cl)c45)ncc12)C3. The molecule has 9 rings (SSSR count). The van der Waals surface area contributed by atoms with Crippen molar-refractivity contribution in [1.29, 1.82) is 0 Å². The number of benzene rings is 2. The third-order valence-corrected chi connectivity index (χ3v) is 12.5. The zero-order chi connectivity index (χ0) is 31.2. The van der Waals surface area contributed by atoms with Crippen molar-refractivity contribution in [3.63, 3.8) is 0 Å². The predicted octanol–water partition coefficient (Wildman–Crippen LogP) is 6.88. The van der Waals surface area contributed by atoms with Gasteiger partial charge < -0.3 is 14.0 Å². The Morgan fingerprint density at radius 3 is 2.87 bits per heavy atom. The van der Waals surface area contributed by atoms with Gasteiger partial charge in [0.25, 0.3) is 0 Å². The second-order valence-corrected chi connectivity index (χ2v) is 14.9. The minimum atomic E-state index is -0.863. The standard InChI is InChI=1S/C36H39ClF2N5O2/c1-45-30-14-24-10-9-21-13-29(30)44(24,18-21)19-28-26-16-40-33(25-7-2-5-22-6-3-8-27(37)31(22)25)32(39)34(26)42-35(41-28)46-20-36-11-4-12-43(36)17-23(38)15-36/h2-3,5-8,16,21,23-24,29-30H,4,9-15,17-20H2,1H3/q+1/t21?,23-,24+,29-,30-,36+,44?/m1/s1. The normalized spacial score (nSPS) is 33.3. The summed E-state index contributed by atoms with van der Waals surface area (Å²) in [5.41, 5.74) is 1.42. The van der Waals surface area contributed by atoms with Gasteiger partial charge in [-0.15, -0.1) is 0 Å². The van der Waals surface area contributed by atoms with Crippen LogP contribution in [0.25, 0.3) is 32.9 Å². The third kappa shape index (κ3) is 4.34. The van der Waals surface area contributed by atoms with Gasteiger partial charge >= 0.3 is 6.01 Å². The van der Waals surface area contributed by atoms with E-state index in [0.29, 0.717) is 53.5 Å². The fourth-order valence-electron chi connectivity index (χ4n) is 10.2. The monoisotopic (exact) mass is 646 g/mol. The molecule has 5 aliphatic heterocycles. The molecule has 240 valence electrons. The fourth-order valence-corrected chi connectivity index (χ4v) is 10.5. The van der Waals surface area contributed by atoms with Crippen molar-refractivity contribution < 1.29 is 22.7 Å². The first kappa shape index (κ1) is 29.2. The largest absolute Gasteiger partial charge is 0.461 e. The maximum atomic E-state index is 16.9. The van der Waals surface area contributed by atoms with Crippen LogP contribution in [0.2, 0.25) is 5.02 Å². The molecule has 0 saturated carbocycles. The first-order chi connectivity index (χ1) is 22.4. The summed E-state index contributed by atoms with van der Waals surface area (Å²) in [5.74, 6) is 0.156. The molecule has 0 spiro atoms. The molecule has 0 aliphatic carbocycles. The molecule has 0 radical (unpaired) electrons. The highest BCUT2D eigenvalue weighted by Crippen LogP contribution is 2.52. The second kappa shape index (κ2) is 10.8. The topological polar surface area (TPSA) is 60.4 Å². The van der Waals surface area contributed by atoms with Gasteiger partial charge in [0.15, 0.2) is 5.82 Å². The van der Waals surface area contributed by atoms with Crippen LogP contribution >= 0.6 is 11.6 Å². The molecule has 2 aromatic carbocycles. The number of alkyl halides is 1. The van der Waals surface area contributed by atoms with E-state index in [2.05, 4.69) is 4.90 Å². The molecule has 2 unspecified atom stereocenters. The van der Waals surface area contributed by atoms with Gasteiger partial charge in [-0.05, 0) is 37.3 Å². The van der Waals surface area contributed by atoms with Crippen LogP contribution in [0.4, 0.5) is 8.78 Å². The van der Waals surface area contributed by atoms with Gasteiger partial charge in [-0.3, -0.25) is 9.88 Å². The average Bonchev–Trinajstić information content (AvgIpc) is 3.74. The smallest absolute Gasteiger partial charge is 0.317 e. The summed E-state index contributed by atoms with van der Waals surface area (Å²) < 4.78 is 44.8. The van der Waals surface area contributed by atoms with E-state index >= 15 is 4.39 Å². The maximum Gasteiger partial charge on any atom is 0.317 e. The molecule has 46 heavy (non-hydrogen) atoms. The molecule has 5 saturated heterocycles. The number of methoxy groups -OCH3 is 1. The zero-order valence-electron chi connectivity index (χ0n) is 26.1. The van der Waals surface area contributed by atoms with E-state index in [4.69, 9.17) is 36.0 Å². The summed E-state index contributed by atoms with van der Waals surface area (Å²) in [6.45, 7) is 3.35. The number of pyridine rings is 1. The van der Waals surface area contributed by atoms with Crippen molar-refractivity contribution in [2.24, 2.45) is 5.92 Å². The number of hydrogen-bond donors (Lipinski definition) is 0. The van der Waals surface area contributed by atoms with Crippen LogP contribution in [0.1, 0.15) is 50.6 Å². The lowest BCUT2D eigenvalue weighted by atomic mass is 9.89. The Morgan fingerprint density at radius 2 is 2.00 bits per heavy atom.